The molecule has 21 heavy (non-hydrogen) atoms. The molecule has 1 amide bonds. The van der Waals surface area contributed by atoms with Crippen LogP contribution in [0.15, 0.2) is 29.6 Å². The molecule has 0 spiro atoms. The average Bonchev–Trinajstić information content (AvgIpc) is 2.90. The minimum absolute atomic E-state index is 0. The standard InChI is InChI=1S/C16H18N2OS.ClH/c1-10-3-4-12(17)9-14(10)16(19)18-7-5-15-13(11(18)2)6-8-20-15;/h3-4,6,8-9,11H,5,7,17H2,1-2H3;1H. The Kier molecular flexibility index (Phi) is 4.59. The van der Waals surface area contributed by atoms with Crippen LogP contribution in [0.4, 0.5) is 5.69 Å². The van der Waals surface area contributed by atoms with Crippen molar-refractivity contribution in [2.24, 2.45) is 0 Å². The Balaban J connectivity index is 0.00000161. The molecule has 2 N–H and O–H groups in total. The molecule has 1 aromatic carbocycles. The minimum atomic E-state index is 0. The van der Waals surface area contributed by atoms with Crippen molar-refractivity contribution in [3.05, 3.63) is 51.2 Å². The van der Waals surface area contributed by atoms with Gasteiger partial charge in [0, 0.05) is 22.7 Å². The molecular weight excluding hydrogens is 304 g/mol. The van der Waals surface area contributed by atoms with Crippen LogP contribution in [0.1, 0.15) is 39.3 Å². The van der Waals surface area contributed by atoms with Gasteiger partial charge in [-0.15, -0.1) is 23.7 Å². The molecular formula is C16H19ClN2OS. The zero-order valence-electron chi connectivity index (χ0n) is 12.1. The molecule has 1 unspecified atom stereocenters. The molecule has 1 aliphatic heterocycles. The summed E-state index contributed by atoms with van der Waals surface area (Å²) in [5.41, 5.74) is 9.44. The van der Waals surface area contributed by atoms with Crippen molar-refractivity contribution in [3.63, 3.8) is 0 Å². The topological polar surface area (TPSA) is 46.3 Å². The summed E-state index contributed by atoms with van der Waals surface area (Å²) in [5, 5.41) is 2.11. The van der Waals surface area contributed by atoms with Gasteiger partial charge in [0.1, 0.15) is 0 Å². The molecule has 5 heteroatoms. The number of nitrogen functional groups attached to an aromatic ring is 1. The molecule has 3 rings (SSSR count). The van der Waals surface area contributed by atoms with Crippen molar-refractivity contribution in [2.75, 3.05) is 12.3 Å². The van der Waals surface area contributed by atoms with E-state index in [4.69, 9.17) is 5.73 Å². The molecule has 2 aromatic rings. The number of hydrogen-bond donors (Lipinski definition) is 1. The first kappa shape index (κ1) is 15.9. The van der Waals surface area contributed by atoms with Crippen molar-refractivity contribution >= 4 is 35.3 Å². The van der Waals surface area contributed by atoms with Gasteiger partial charge in [0.15, 0.2) is 0 Å². The van der Waals surface area contributed by atoms with E-state index in [9.17, 15) is 4.79 Å². The van der Waals surface area contributed by atoms with Crippen molar-refractivity contribution in [1.82, 2.24) is 4.90 Å². The van der Waals surface area contributed by atoms with E-state index in [1.807, 2.05) is 24.0 Å². The van der Waals surface area contributed by atoms with Crippen LogP contribution in [0.5, 0.6) is 0 Å². The van der Waals surface area contributed by atoms with Crippen LogP contribution >= 0.6 is 23.7 Å². The van der Waals surface area contributed by atoms with E-state index >= 15 is 0 Å². The first-order valence-electron chi connectivity index (χ1n) is 6.81. The van der Waals surface area contributed by atoms with Gasteiger partial charge in [-0.25, -0.2) is 0 Å². The van der Waals surface area contributed by atoms with Crippen LogP contribution in [0.2, 0.25) is 0 Å². The molecule has 1 aromatic heterocycles. The minimum Gasteiger partial charge on any atom is -0.399 e. The van der Waals surface area contributed by atoms with Gasteiger partial charge in [0.2, 0.25) is 0 Å². The molecule has 0 saturated carbocycles. The Labute approximate surface area is 135 Å². The van der Waals surface area contributed by atoms with E-state index in [1.165, 1.54) is 10.4 Å². The summed E-state index contributed by atoms with van der Waals surface area (Å²) in [6, 6.07) is 7.80. The number of thiophene rings is 1. The smallest absolute Gasteiger partial charge is 0.254 e. The molecule has 2 heterocycles. The predicted molar refractivity (Wildman–Crippen MR) is 90.3 cm³/mol. The highest BCUT2D eigenvalue weighted by molar-refractivity contribution is 7.10. The highest BCUT2D eigenvalue weighted by Crippen LogP contribution is 2.34. The Morgan fingerprint density at radius 2 is 2.14 bits per heavy atom. The van der Waals surface area contributed by atoms with E-state index in [0.29, 0.717) is 5.69 Å². The first-order chi connectivity index (χ1) is 9.58. The van der Waals surface area contributed by atoms with Gasteiger partial charge >= 0.3 is 0 Å². The van der Waals surface area contributed by atoms with Gasteiger partial charge in [-0.3, -0.25) is 4.79 Å². The zero-order chi connectivity index (χ0) is 14.3. The fraction of sp³-hybridized carbons (Fsp3) is 0.312. The van der Waals surface area contributed by atoms with Crippen LogP contribution in [-0.4, -0.2) is 17.4 Å². The van der Waals surface area contributed by atoms with E-state index in [1.54, 1.807) is 17.4 Å². The number of halogens is 1. The maximum absolute atomic E-state index is 12.8. The lowest BCUT2D eigenvalue weighted by Crippen LogP contribution is -2.38. The molecule has 3 nitrogen and oxygen atoms in total. The third-order valence-electron chi connectivity index (χ3n) is 4.03. The summed E-state index contributed by atoms with van der Waals surface area (Å²) in [7, 11) is 0. The number of anilines is 1. The van der Waals surface area contributed by atoms with E-state index in [0.717, 1.165) is 24.1 Å². The zero-order valence-corrected chi connectivity index (χ0v) is 13.8. The van der Waals surface area contributed by atoms with Gasteiger partial charge in [-0.1, -0.05) is 6.07 Å². The van der Waals surface area contributed by atoms with E-state index in [2.05, 4.69) is 18.4 Å². The predicted octanol–water partition coefficient (Wildman–Crippen LogP) is 3.82. The second-order valence-corrected chi connectivity index (χ2v) is 6.30. The number of carbonyl (C=O) groups excluding carboxylic acids is 1. The molecule has 0 aliphatic carbocycles. The quantitative estimate of drug-likeness (QED) is 0.811. The van der Waals surface area contributed by atoms with Crippen molar-refractivity contribution < 1.29 is 4.79 Å². The van der Waals surface area contributed by atoms with Crippen molar-refractivity contribution in [2.45, 2.75) is 26.3 Å². The molecule has 0 fully saturated rings. The summed E-state index contributed by atoms with van der Waals surface area (Å²) < 4.78 is 0. The van der Waals surface area contributed by atoms with E-state index in [-0.39, 0.29) is 24.4 Å². The van der Waals surface area contributed by atoms with Gasteiger partial charge in [-0.2, -0.15) is 0 Å². The van der Waals surface area contributed by atoms with Crippen molar-refractivity contribution in [3.8, 4) is 0 Å². The SMILES string of the molecule is Cc1ccc(N)cc1C(=O)N1CCc2sccc2C1C.Cl. The molecule has 112 valence electrons. The monoisotopic (exact) mass is 322 g/mol. The number of nitrogens with two attached hydrogens (primary N) is 1. The van der Waals surface area contributed by atoms with Crippen LogP contribution < -0.4 is 5.73 Å². The van der Waals surface area contributed by atoms with Crippen LogP contribution in [-0.2, 0) is 6.42 Å². The Morgan fingerprint density at radius 1 is 1.38 bits per heavy atom. The lowest BCUT2D eigenvalue weighted by atomic mass is 9.99. The molecule has 1 aliphatic rings. The highest BCUT2D eigenvalue weighted by Gasteiger charge is 2.29. The number of fused-ring (bicyclic) bond motifs is 1. The number of rotatable bonds is 1. The van der Waals surface area contributed by atoms with Gasteiger partial charge in [0.05, 0.1) is 6.04 Å². The average molecular weight is 323 g/mol. The van der Waals surface area contributed by atoms with Crippen molar-refractivity contribution in [1.29, 1.82) is 0 Å². The number of amides is 1. The second-order valence-electron chi connectivity index (χ2n) is 5.30. The number of nitrogens with zero attached hydrogens (tertiary/aromatic N) is 1. The summed E-state index contributed by atoms with van der Waals surface area (Å²) in [5.74, 6) is 0.0825. The number of benzene rings is 1. The van der Waals surface area contributed by atoms with Crippen LogP contribution in [0.25, 0.3) is 0 Å². The third kappa shape index (κ3) is 2.78. The van der Waals surface area contributed by atoms with Crippen LogP contribution in [0, 0.1) is 6.92 Å². The molecule has 0 bridgehead atoms. The molecule has 0 radical (unpaired) electrons. The van der Waals surface area contributed by atoms with Gasteiger partial charge < -0.3 is 10.6 Å². The Hall–Kier alpha value is -1.52. The molecule has 1 atom stereocenters. The maximum atomic E-state index is 12.8. The normalized spacial score (nSPS) is 17.0. The largest absolute Gasteiger partial charge is 0.399 e. The lowest BCUT2D eigenvalue weighted by Gasteiger charge is -2.34. The Bertz CT molecular complexity index is 668. The second kappa shape index (κ2) is 6.08. The molecule has 0 saturated heterocycles. The summed E-state index contributed by atoms with van der Waals surface area (Å²) in [6.07, 6.45) is 0.949. The summed E-state index contributed by atoms with van der Waals surface area (Å²) >= 11 is 1.79. The third-order valence-corrected chi connectivity index (χ3v) is 5.03. The Morgan fingerprint density at radius 3 is 2.90 bits per heavy atom. The fourth-order valence-corrected chi connectivity index (χ4v) is 3.77. The van der Waals surface area contributed by atoms with Crippen LogP contribution in [0.3, 0.4) is 0 Å². The number of carbonyl (C=O) groups is 1. The fourth-order valence-electron chi connectivity index (χ4n) is 2.81. The van der Waals surface area contributed by atoms with Gasteiger partial charge in [0.25, 0.3) is 5.91 Å². The lowest BCUT2D eigenvalue weighted by molar-refractivity contribution is 0.0678. The first-order valence-corrected chi connectivity index (χ1v) is 7.69. The summed E-state index contributed by atoms with van der Waals surface area (Å²) in [4.78, 5) is 16.2. The number of hydrogen-bond acceptors (Lipinski definition) is 3. The number of aryl methyl sites for hydroxylation is 1. The van der Waals surface area contributed by atoms with Gasteiger partial charge in [-0.05, 0) is 55.0 Å². The maximum Gasteiger partial charge on any atom is 0.254 e. The summed E-state index contributed by atoms with van der Waals surface area (Å²) in [6.45, 7) is 4.84. The van der Waals surface area contributed by atoms with E-state index < -0.39 is 0 Å². The highest BCUT2D eigenvalue weighted by atomic mass is 35.5.